The van der Waals surface area contributed by atoms with E-state index in [0.29, 0.717) is 11.5 Å². The molecule has 2 heterocycles. The molecule has 2 N–H and O–H groups in total. The van der Waals surface area contributed by atoms with E-state index in [1.165, 1.54) is 33.5 Å². The normalized spacial score (nSPS) is 20.4. The first-order valence-corrected chi connectivity index (χ1v) is 12.2. The molecule has 2 unspecified atom stereocenters. The maximum Gasteiger partial charge on any atom is 0.252 e. The number of carbonyl (C=O) groups excluding carboxylic acids is 2. The zero-order valence-electron chi connectivity index (χ0n) is 17.4. The van der Waals surface area contributed by atoms with Gasteiger partial charge in [0.1, 0.15) is 22.2 Å². The summed E-state index contributed by atoms with van der Waals surface area (Å²) in [6, 6.07) is 15.1. The van der Waals surface area contributed by atoms with Gasteiger partial charge in [0.2, 0.25) is 5.11 Å². The molecule has 4 rings (SSSR count). The van der Waals surface area contributed by atoms with Crippen LogP contribution in [0.25, 0.3) is 0 Å². The van der Waals surface area contributed by atoms with Crippen molar-refractivity contribution in [2.75, 3.05) is 25.7 Å². The number of thiocarbonyl (C=S) groups is 1. The number of nitrogens with zero attached hydrogens (tertiary/aromatic N) is 2. The molecule has 2 aromatic carbocycles. The summed E-state index contributed by atoms with van der Waals surface area (Å²) in [4.78, 5) is 25.0. The Morgan fingerprint density at radius 1 is 0.812 bits per heavy atom. The molecule has 0 aromatic heterocycles. The Hall–Kier alpha value is -2.63. The second kappa shape index (κ2) is 9.88. The van der Waals surface area contributed by atoms with Gasteiger partial charge in [0, 0.05) is 0 Å². The van der Waals surface area contributed by atoms with E-state index in [2.05, 4.69) is 10.9 Å². The molecule has 0 aliphatic carbocycles. The molecule has 2 saturated heterocycles. The van der Waals surface area contributed by atoms with Crippen molar-refractivity contribution in [1.82, 2.24) is 20.9 Å². The molecule has 8 nitrogen and oxygen atoms in total. The Bertz CT molecular complexity index is 924. The Labute approximate surface area is 199 Å². The third-order valence-corrected chi connectivity index (χ3v) is 7.59. The van der Waals surface area contributed by atoms with Gasteiger partial charge in [-0.1, -0.05) is 24.3 Å². The van der Waals surface area contributed by atoms with E-state index >= 15 is 0 Å². The van der Waals surface area contributed by atoms with E-state index in [-0.39, 0.29) is 27.7 Å². The molecule has 2 aliphatic heterocycles. The summed E-state index contributed by atoms with van der Waals surface area (Å²) < 4.78 is 10.4. The molecule has 0 radical (unpaired) electrons. The lowest BCUT2D eigenvalue weighted by Gasteiger charge is -2.30. The molecule has 11 heteroatoms. The fourth-order valence-electron chi connectivity index (χ4n) is 3.36. The number of rotatable bonds is 6. The van der Waals surface area contributed by atoms with Gasteiger partial charge in [-0.25, -0.2) is 10.0 Å². The quantitative estimate of drug-likeness (QED) is 0.594. The van der Waals surface area contributed by atoms with Gasteiger partial charge in [0.15, 0.2) is 0 Å². The number of nitrogens with one attached hydrogen (secondary N) is 2. The highest BCUT2D eigenvalue weighted by atomic mass is 32.2. The van der Waals surface area contributed by atoms with Crippen molar-refractivity contribution in [3.05, 3.63) is 59.7 Å². The minimum atomic E-state index is -0.241. The van der Waals surface area contributed by atoms with E-state index in [0.717, 1.165) is 22.6 Å². The number of amides is 2. The molecule has 2 atom stereocenters. The second-order valence-electron chi connectivity index (χ2n) is 6.95. The maximum atomic E-state index is 12.5. The lowest BCUT2D eigenvalue weighted by atomic mass is 10.2. The Morgan fingerprint density at radius 2 is 1.19 bits per heavy atom. The molecule has 2 amide bonds. The number of benzene rings is 2. The fourth-order valence-corrected chi connectivity index (χ4v) is 5.78. The van der Waals surface area contributed by atoms with Gasteiger partial charge in [0.25, 0.3) is 11.8 Å². The van der Waals surface area contributed by atoms with Gasteiger partial charge in [-0.2, -0.15) is 0 Å². The van der Waals surface area contributed by atoms with Gasteiger partial charge >= 0.3 is 0 Å². The van der Waals surface area contributed by atoms with Crippen LogP contribution >= 0.6 is 35.7 Å². The lowest BCUT2D eigenvalue weighted by molar-refractivity contribution is -0.130. The molecule has 2 aromatic rings. The summed E-state index contributed by atoms with van der Waals surface area (Å²) in [6.07, 6.45) is 0. The van der Waals surface area contributed by atoms with E-state index in [4.69, 9.17) is 21.7 Å². The van der Waals surface area contributed by atoms with Crippen LogP contribution in [0.15, 0.2) is 48.5 Å². The first kappa shape index (κ1) is 22.6. The van der Waals surface area contributed by atoms with Crippen molar-refractivity contribution in [1.29, 1.82) is 0 Å². The first-order valence-electron chi connectivity index (χ1n) is 9.72. The number of thioether (sulfide) groups is 2. The van der Waals surface area contributed by atoms with Crippen molar-refractivity contribution in [2.24, 2.45) is 0 Å². The van der Waals surface area contributed by atoms with Gasteiger partial charge in [-0.3, -0.25) is 20.4 Å². The molecule has 168 valence electrons. The highest BCUT2D eigenvalue weighted by Crippen LogP contribution is 2.39. The number of ether oxygens (including phenoxy) is 2. The molecule has 2 aliphatic rings. The number of hydrazine groups is 2. The average molecular weight is 491 g/mol. The molecule has 0 spiro atoms. The smallest absolute Gasteiger partial charge is 0.252 e. The van der Waals surface area contributed by atoms with Crippen LogP contribution in [0, 0.1) is 0 Å². The minimum Gasteiger partial charge on any atom is -0.497 e. The minimum absolute atomic E-state index is 0.0891. The summed E-state index contributed by atoms with van der Waals surface area (Å²) in [6.45, 7) is 0. The van der Waals surface area contributed by atoms with E-state index < -0.39 is 0 Å². The largest absolute Gasteiger partial charge is 0.497 e. The van der Waals surface area contributed by atoms with Gasteiger partial charge in [0.05, 0.1) is 25.7 Å². The molecular formula is C21H22N4O4S3. The summed E-state index contributed by atoms with van der Waals surface area (Å²) >= 11 is 8.45. The van der Waals surface area contributed by atoms with Crippen LogP contribution in [0.4, 0.5) is 0 Å². The van der Waals surface area contributed by atoms with Crippen molar-refractivity contribution < 1.29 is 19.1 Å². The van der Waals surface area contributed by atoms with Crippen molar-refractivity contribution in [3.63, 3.8) is 0 Å². The first-order chi connectivity index (χ1) is 15.5. The van der Waals surface area contributed by atoms with Crippen molar-refractivity contribution >= 4 is 52.7 Å². The Morgan fingerprint density at radius 3 is 1.53 bits per heavy atom. The number of methoxy groups -OCH3 is 2. The maximum absolute atomic E-state index is 12.5. The van der Waals surface area contributed by atoms with Gasteiger partial charge in [-0.15, -0.1) is 23.5 Å². The topological polar surface area (TPSA) is 83.1 Å². The van der Waals surface area contributed by atoms with E-state index in [1.54, 1.807) is 14.2 Å². The van der Waals surface area contributed by atoms with E-state index in [9.17, 15) is 9.59 Å². The van der Waals surface area contributed by atoms with Crippen LogP contribution in [0.2, 0.25) is 0 Å². The Kier molecular flexibility index (Phi) is 6.97. The van der Waals surface area contributed by atoms with Crippen LogP contribution in [-0.4, -0.2) is 52.7 Å². The third kappa shape index (κ3) is 4.74. The zero-order chi connectivity index (χ0) is 22.7. The van der Waals surface area contributed by atoms with Crippen molar-refractivity contribution in [2.45, 2.75) is 10.7 Å². The third-order valence-electron chi connectivity index (χ3n) is 4.98. The monoisotopic (exact) mass is 490 g/mol. The van der Waals surface area contributed by atoms with Gasteiger partial charge < -0.3 is 9.47 Å². The average Bonchev–Trinajstić information content (AvgIpc) is 3.36. The van der Waals surface area contributed by atoms with Crippen LogP contribution in [0.1, 0.15) is 21.9 Å². The molecule has 0 bridgehead atoms. The second-order valence-corrected chi connectivity index (χ2v) is 9.50. The van der Waals surface area contributed by atoms with Crippen LogP contribution in [-0.2, 0) is 9.59 Å². The lowest BCUT2D eigenvalue weighted by Crippen LogP contribution is -2.54. The fraction of sp³-hybridized carbons (Fsp3) is 0.286. The molecule has 0 saturated carbocycles. The number of hydrogen-bond donors (Lipinski definition) is 2. The summed E-state index contributed by atoms with van der Waals surface area (Å²) in [5.74, 6) is 1.98. The highest BCUT2D eigenvalue weighted by Gasteiger charge is 2.36. The predicted molar refractivity (Wildman–Crippen MR) is 129 cm³/mol. The van der Waals surface area contributed by atoms with Crippen LogP contribution in [0.5, 0.6) is 11.5 Å². The standard InChI is InChI=1S/C21H22N4O4S3/c1-28-15-7-3-13(4-8-15)19-24(17(26)11-31-19)22-21(30)23-25-18(27)12-32-20(25)14-5-9-16(29-2)10-6-14/h3-10,19-20H,11-12H2,1-2H3,(H2,22,23,30). The molecule has 2 fully saturated rings. The Balaban J connectivity index is 1.44. The van der Waals surface area contributed by atoms with Crippen LogP contribution in [0.3, 0.4) is 0 Å². The van der Waals surface area contributed by atoms with Crippen LogP contribution < -0.4 is 20.3 Å². The highest BCUT2D eigenvalue weighted by molar-refractivity contribution is 8.00. The zero-order valence-corrected chi connectivity index (χ0v) is 19.9. The summed E-state index contributed by atoms with van der Waals surface area (Å²) in [7, 11) is 3.22. The predicted octanol–water partition coefficient (Wildman–Crippen LogP) is 2.85. The SMILES string of the molecule is COc1ccc(C2SCC(=O)N2NC(=S)NN2C(=O)CSC2c2ccc(OC)cc2)cc1. The summed E-state index contributed by atoms with van der Waals surface area (Å²) in [5.41, 5.74) is 7.84. The van der Waals surface area contributed by atoms with Crippen molar-refractivity contribution in [3.8, 4) is 11.5 Å². The number of carbonyl (C=O) groups is 2. The van der Waals surface area contributed by atoms with E-state index in [1.807, 2.05) is 48.5 Å². The molecular weight excluding hydrogens is 468 g/mol. The summed E-state index contributed by atoms with van der Waals surface area (Å²) in [5, 5.41) is 2.69. The molecule has 32 heavy (non-hydrogen) atoms. The number of hydrogen-bond acceptors (Lipinski definition) is 7. The van der Waals surface area contributed by atoms with Gasteiger partial charge in [-0.05, 0) is 47.6 Å².